The number of carbonyl (C=O) groups excluding carboxylic acids is 3. The number of anilines is 1. The number of hydrogen-bond acceptors (Lipinski definition) is 4. The first-order valence-corrected chi connectivity index (χ1v) is 11.3. The molecule has 0 atom stereocenters. The summed E-state index contributed by atoms with van der Waals surface area (Å²) in [5, 5.41) is 3.57. The lowest BCUT2D eigenvalue weighted by molar-refractivity contribution is -0.122. The maximum absolute atomic E-state index is 13.2. The molecule has 0 aromatic heterocycles. The van der Waals surface area contributed by atoms with Crippen LogP contribution >= 0.6 is 46.4 Å². The first-order chi connectivity index (χ1) is 16.2. The van der Waals surface area contributed by atoms with Crippen molar-refractivity contribution in [2.45, 2.75) is 6.61 Å². The number of carbonyl (C=O) groups is 3. The molecule has 0 bridgehead atoms. The Bertz CT molecular complexity index is 1340. The zero-order valence-electron chi connectivity index (χ0n) is 17.2. The van der Waals surface area contributed by atoms with Crippen LogP contribution in [-0.2, 0) is 16.2 Å². The largest absolute Gasteiger partial charge is 0.487 e. The fourth-order valence-corrected chi connectivity index (χ4v) is 4.16. The Kier molecular flexibility index (Phi) is 7.14. The van der Waals surface area contributed by atoms with E-state index < -0.39 is 17.8 Å². The molecular weight excluding hydrogens is 522 g/mol. The highest BCUT2D eigenvalue weighted by Crippen LogP contribution is 2.35. The molecule has 1 fully saturated rings. The molecule has 0 aliphatic carbocycles. The predicted octanol–water partition coefficient (Wildman–Crippen LogP) is 6.55. The van der Waals surface area contributed by atoms with Crippen molar-refractivity contribution in [3.63, 3.8) is 0 Å². The predicted molar refractivity (Wildman–Crippen MR) is 133 cm³/mol. The van der Waals surface area contributed by atoms with Gasteiger partial charge < -0.3 is 4.74 Å². The number of urea groups is 1. The first-order valence-electron chi connectivity index (χ1n) is 9.76. The zero-order valence-corrected chi connectivity index (χ0v) is 20.2. The van der Waals surface area contributed by atoms with Crippen molar-refractivity contribution in [3.8, 4) is 5.75 Å². The number of barbiturate groups is 1. The van der Waals surface area contributed by atoms with E-state index in [0.717, 1.165) is 10.5 Å². The third-order valence-electron chi connectivity index (χ3n) is 4.80. The summed E-state index contributed by atoms with van der Waals surface area (Å²) in [5.41, 5.74) is 0.999. The van der Waals surface area contributed by atoms with Crippen LogP contribution in [0.1, 0.15) is 11.1 Å². The van der Waals surface area contributed by atoms with Crippen molar-refractivity contribution in [1.29, 1.82) is 0 Å². The molecule has 3 aromatic rings. The van der Waals surface area contributed by atoms with Gasteiger partial charge in [-0.3, -0.25) is 14.9 Å². The molecule has 1 aliphatic heterocycles. The van der Waals surface area contributed by atoms with E-state index in [1.54, 1.807) is 18.2 Å². The van der Waals surface area contributed by atoms with Crippen LogP contribution in [0.3, 0.4) is 0 Å². The van der Waals surface area contributed by atoms with Gasteiger partial charge in [0.2, 0.25) is 0 Å². The molecule has 10 heteroatoms. The van der Waals surface area contributed by atoms with Gasteiger partial charge in [-0.2, -0.15) is 0 Å². The Morgan fingerprint density at radius 3 is 2.29 bits per heavy atom. The molecule has 172 valence electrons. The van der Waals surface area contributed by atoms with Gasteiger partial charge in [0.25, 0.3) is 11.8 Å². The van der Waals surface area contributed by atoms with Crippen LogP contribution in [0.2, 0.25) is 20.1 Å². The number of amides is 4. The molecule has 0 spiro atoms. The van der Waals surface area contributed by atoms with E-state index in [-0.39, 0.29) is 39.2 Å². The van der Waals surface area contributed by atoms with Gasteiger partial charge in [0.05, 0.1) is 10.7 Å². The number of ether oxygens (including phenoxy) is 1. The van der Waals surface area contributed by atoms with E-state index in [9.17, 15) is 14.4 Å². The van der Waals surface area contributed by atoms with Crippen LogP contribution in [0.5, 0.6) is 5.75 Å². The maximum atomic E-state index is 13.2. The van der Waals surface area contributed by atoms with Crippen molar-refractivity contribution >= 4 is 76.0 Å². The lowest BCUT2D eigenvalue weighted by Crippen LogP contribution is -2.54. The summed E-state index contributed by atoms with van der Waals surface area (Å²) in [5.74, 6) is -1.49. The molecule has 0 saturated carbocycles. The third-order valence-corrected chi connectivity index (χ3v) is 5.78. The smallest absolute Gasteiger partial charge is 0.335 e. The van der Waals surface area contributed by atoms with Crippen LogP contribution < -0.4 is 15.0 Å². The second kappa shape index (κ2) is 10.1. The van der Waals surface area contributed by atoms with Gasteiger partial charge in [0.15, 0.2) is 0 Å². The quantitative estimate of drug-likeness (QED) is 0.297. The number of nitrogens with one attached hydrogen (secondary N) is 1. The standard InChI is InChI=1S/C24H14Cl4N2O4/c25-15-4-6-18(7-5-15)30-23(32)19(22(31)29-24(30)33)10-14-9-17(27)11-20(28)21(14)34-12-13-2-1-3-16(26)8-13/h1-11H,12H2,(H,29,31,33)/b19-10+. The fraction of sp³-hybridized carbons (Fsp3) is 0.0417. The van der Waals surface area contributed by atoms with Gasteiger partial charge in [-0.05, 0) is 60.2 Å². The highest BCUT2D eigenvalue weighted by molar-refractivity contribution is 6.40. The topological polar surface area (TPSA) is 75.7 Å². The number of halogens is 4. The molecule has 6 nitrogen and oxygen atoms in total. The maximum Gasteiger partial charge on any atom is 0.335 e. The van der Waals surface area contributed by atoms with Gasteiger partial charge >= 0.3 is 6.03 Å². The highest BCUT2D eigenvalue weighted by Gasteiger charge is 2.37. The van der Waals surface area contributed by atoms with Crippen LogP contribution in [-0.4, -0.2) is 17.8 Å². The van der Waals surface area contributed by atoms with Crippen molar-refractivity contribution in [2.24, 2.45) is 0 Å². The minimum atomic E-state index is -0.879. The van der Waals surface area contributed by atoms with E-state index >= 15 is 0 Å². The summed E-state index contributed by atoms with van der Waals surface area (Å²) in [7, 11) is 0. The number of nitrogens with zero attached hydrogens (tertiary/aromatic N) is 1. The SMILES string of the molecule is O=C1NC(=O)N(c2ccc(Cl)cc2)C(=O)/C1=C/c1cc(Cl)cc(Cl)c1OCc1cccc(Cl)c1. The van der Waals surface area contributed by atoms with Gasteiger partial charge in [-0.15, -0.1) is 0 Å². The molecule has 1 heterocycles. The molecule has 34 heavy (non-hydrogen) atoms. The van der Waals surface area contributed by atoms with Crippen molar-refractivity contribution < 1.29 is 19.1 Å². The van der Waals surface area contributed by atoms with Crippen LogP contribution in [0.25, 0.3) is 6.08 Å². The average molecular weight is 536 g/mol. The average Bonchev–Trinajstić information content (AvgIpc) is 2.77. The zero-order chi connectivity index (χ0) is 24.4. The van der Waals surface area contributed by atoms with E-state index in [1.165, 1.54) is 42.5 Å². The van der Waals surface area contributed by atoms with Crippen molar-refractivity contribution in [1.82, 2.24) is 5.32 Å². The molecule has 0 radical (unpaired) electrons. The van der Waals surface area contributed by atoms with Crippen molar-refractivity contribution in [2.75, 3.05) is 4.90 Å². The normalized spacial score (nSPS) is 15.0. The minimum Gasteiger partial charge on any atom is -0.487 e. The second-order valence-electron chi connectivity index (χ2n) is 7.16. The summed E-state index contributed by atoms with van der Waals surface area (Å²) in [6, 6.07) is 15.2. The van der Waals surface area contributed by atoms with Crippen LogP contribution in [0.15, 0.2) is 66.2 Å². The van der Waals surface area contributed by atoms with E-state index in [1.807, 2.05) is 6.07 Å². The second-order valence-corrected chi connectivity index (χ2v) is 8.88. The Morgan fingerprint density at radius 1 is 0.853 bits per heavy atom. The van der Waals surface area contributed by atoms with Gasteiger partial charge in [0.1, 0.15) is 17.9 Å². The fourth-order valence-electron chi connectivity index (χ4n) is 3.26. The molecule has 1 N–H and O–H groups in total. The molecule has 3 aromatic carbocycles. The number of rotatable bonds is 5. The summed E-state index contributed by atoms with van der Waals surface area (Å²) in [4.78, 5) is 38.9. The Labute approximate surface area is 214 Å². The Balaban J connectivity index is 1.71. The lowest BCUT2D eigenvalue weighted by atomic mass is 10.1. The summed E-state index contributed by atoms with van der Waals surface area (Å²) in [6.45, 7) is 0.119. The molecule has 1 aliphatic rings. The highest BCUT2D eigenvalue weighted by atomic mass is 35.5. The van der Waals surface area contributed by atoms with Crippen LogP contribution in [0, 0.1) is 0 Å². The lowest BCUT2D eigenvalue weighted by Gasteiger charge is -2.26. The van der Waals surface area contributed by atoms with Gasteiger partial charge in [-0.1, -0.05) is 58.5 Å². The first kappa shape index (κ1) is 24.1. The van der Waals surface area contributed by atoms with Crippen LogP contribution in [0.4, 0.5) is 10.5 Å². The van der Waals surface area contributed by atoms with E-state index in [0.29, 0.717) is 10.0 Å². The Hall–Kier alpha value is -3.03. The molecule has 4 rings (SSSR count). The summed E-state index contributed by atoms with van der Waals surface area (Å²) in [6.07, 6.45) is 1.28. The van der Waals surface area contributed by atoms with Gasteiger partial charge in [0, 0.05) is 20.6 Å². The summed E-state index contributed by atoms with van der Waals surface area (Å²) < 4.78 is 5.89. The molecule has 4 amide bonds. The molecule has 1 saturated heterocycles. The minimum absolute atomic E-state index is 0.119. The number of benzene rings is 3. The van der Waals surface area contributed by atoms with Crippen molar-refractivity contribution in [3.05, 3.63) is 97.5 Å². The van der Waals surface area contributed by atoms with E-state index in [2.05, 4.69) is 5.32 Å². The molecular formula is C24H14Cl4N2O4. The van der Waals surface area contributed by atoms with E-state index in [4.69, 9.17) is 51.1 Å². The molecule has 0 unspecified atom stereocenters. The number of hydrogen-bond donors (Lipinski definition) is 1. The Morgan fingerprint density at radius 2 is 1.59 bits per heavy atom. The van der Waals surface area contributed by atoms with Gasteiger partial charge in [-0.25, -0.2) is 9.69 Å². The third kappa shape index (κ3) is 5.21. The monoisotopic (exact) mass is 534 g/mol. The number of imide groups is 2. The summed E-state index contributed by atoms with van der Waals surface area (Å²) >= 11 is 24.4.